The zero-order valence-corrected chi connectivity index (χ0v) is 22.1. The van der Waals surface area contributed by atoms with Gasteiger partial charge < -0.3 is 21.3 Å². The second-order valence-electron chi connectivity index (χ2n) is 8.19. The van der Waals surface area contributed by atoms with E-state index in [0.717, 1.165) is 56.2 Å². The van der Waals surface area contributed by atoms with Gasteiger partial charge in [0.1, 0.15) is 17.5 Å². The molecule has 1 aliphatic heterocycles. The first-order chi connectivity index (χ1) is 15.7. The Balaban J connectivity index is 0.00000385. The molecule has 1 fully saturated rings. The molecule has 0 radical (unpaired) electrons. The molecule has 4 N–H and O–H groups in total. The van der Waals surface area contributed by atoms with E-state index < -0.39 is 0 Å². The summed E-state index contributed by atoms with van der Waals surface area (Å²) in [5.41, 5.74) is 8.24. The molecule has 0 saturated carbocycles. The first-order valence-electron chi connectivity index (χ1n) is 11.8. The van der Waals surface area contributed by atoms with Crippen molar-refractivity contribution in [2.45, 2.75) is 52.0 Å². The van der Waals surface area contributed by atoms with Gasteiger partial charge in [-0.15, -0.1) is 24.0 Å². The lowest BCUT2D eigenvalue weighted by molar-refractivity contribution is 0.206. The molecule has 33 heavy (non-hydrogen) atoms. The molecule has 0 unspecified atom stereocenters. The lowest BCUT2D eigenvalue weighted by atomic mass is 10.1. The standard InChI is InChI=1S/C24H36N8.HI/c1-3-15-31-16-12-19(13-17-31)29-24(27-4-2)28-14-8-11-22-21(18-25)23(26)32(30-22)20-9-6-5-7-10-20;/h5-7,9-10,19H,3-4,8,11-17,26H2,1-2H3,(H2,27,28,29);1H. The van der Waals surface area contributed by atoms with Crippen LogP contribution >= 0.6 is 24.0 Å². The van der Waals surface area contributed by atoms with E-state index in [1.165, 1.54) is 13.0 Å². The molecule has 3 rings (SSSR count). The van der Waals surface area contributed by atoms with E-state index in [0.29, 0.717) is 30.4 Å². The van der Waals surface area contributed by atoms with Crippen LogP contribution in [0.25, 0.3) is 5.69 Å². The summed E-state index contributed by atoms with van der Waals surface area (Å²) in [4.78, 5) is 7.29. The summed E-state index contributed by atoms with van der Waals surface area (Å²) < 4.78 is 1.65. The number of guanidine groups is 1. The predicted molar refractivity (Wildman–Crippen MR) is 145 cm³/mol. The van der Waals surface area contributed by atoms with E-state index in [1.54, 1.807) is 4.68 Å². The molecular formula is C24H37IN8. The molecule has 180 valence electrons. The van der Waals surface area contributed by atoms with Crippen molar-refractivity contribution >= 4 is 35.8 Å². The largest absolute Gasteiger partial charge is 0.382 e. The molecule has 2 heterocycles. The van der Waals surface area contributed by atoms with E-state index in [2.05, 4.69) is 40.5 Å². The Kier molecular flexibility index (Phi) is 11.5. The van der Waals surface area contributed by atoms with Crippen LogP contribution in [-0.4, -0.2) is 59.4 Å². The van der Waals surface area contributed by atoms with Gasteiger partial charge in [-0.3, -0.25) is 4.99 Å². The number of aliphatic imine (C=N–C) groups is 1. The fourth-order valence-electron chi connectivity index (χ4n) is 4.11. The number of nitriles is 1. The summed E-state index contributed by atoms with van der Waals surface area (Å²) in [6.45, 7) is 9.29. The predicted octanol–water partition coefficient (Wildman–Crippen LogP) is 3.31. The molecule has 1 aromatic heterocycles. The fourth-order valence-corrected chi connectivity index (χ4v) is 4.11. The molecule has 1 aromatic carbocycles. The third-order valence-electron chi connectivity index (χ3n) is 5.76. The van der Waals surface area contributed by atoms with Gasteiger partial charge in [0.05, 0.1) is 11.4 Å². The number of likely N-dealkylation sites (tertiary alicyclic amines) is 1. The number of piperidine rings is 1. The van der Waals surface area contributed by atoms with Crippen molar-refractivity contribution in [1.82, 2.24) is 25.3 Å². The fraction of sp³-hybridized carbons (Fsp3) is 0.542. The maximum Gasteiger partial charge on any atom is 0.191 e. The molecule has 1 aliphatic rings. The number of halogens is 1. The van der Waals surface area contributed by atoms with Crippen LogP contribution in [0.4, 0.5) is 5.82 Å². The van der Waals surface area contributed by atoms with Gasteiger partial charge in [0, 0.05) is 32.2 Å². The van der Waals surface area contributed by atoms with Gasteiger partial charge in [-0.05, 0) is 57.7 Å². The summed E-state index contributed by atoms with van der Waals surface area (Å²) in [6.07, 6.45) is 4.96. The van der Waals surface area contributed by atoms with Crippen molar-refractivity contribution in [3.8, 4) is 11.8 Å². The van der Waals surface area contributed by atoms with Crippen molar-refractivity contribution in [3.63, 3.8) is 0 Å². The van der Waals surface area contributed by atoms with Crippen LogP contribution in [0.5, 0.6) is 0 Å². The van der Waals surface area contributed by atoms with E-state index in [1.807, 2.05) is 30.3 Å². The van der Waals surface area contributed by atoms with Crippen molar-refractivity contribution in [2.24, 2.45) is 4.99 Å². The zero-order chi connectivity index (χ0) is 22.8. The van der Waals surface area contributed by atoms with Crippen LogP contribution in [0, 0.1) is 11.3 Å². The zero-order valence-electron chi connectivity index (χ0n) is 19.8. The van der Waals surface area contributed by atoms with Gasteiger partial charge in [0.15, 0.2) is 5.96 Å². The van der Waals surface area contributed by atoms with Gasteiger partial charge in [0.2, 0.25) is 0 Å². The van der Waals surface area contributed by atoms with E-state index in [4.69, 9.17) is 10.7 Å². The second-order valence-corrected chi connectivity index (χ2v) is 8.19. The molecule has 0 bridgehead atoms. The Morgan fingerprint density at radius 3 is 2.61 bits per heavy atom. The highest BCUT2D eigenvalue weighted by molar-refractivity contribution is 14.0. The molecular weight excluding hydrogens is 527 g/mol. The minimum Gasteiger partial charge on any atom is -0.382 e. The Labute approximate surface area is 214 Å². The second kappa shape index (κ2) is 14.1. The number of aromatic nitrogens is 2. The van der Waals surface area contributed by atoms with Crippen molar-refractivity contribution < 1.29 is 0 Å². The number of hydrogen-bond acceptors (Lipinski definition) is 5. The first kappa shape index (κ1) is 26.9. The van der Waals surface area contributed by atoms with E-state index in [-0.39, 0.29) is 24.0 Å². The Bertz CT molecular complexity index is 911. The number of rotatable bonds is 9. The number of aryl methyl sites for hydroxylation is 1. The average Bonchev–Trinajstić information content (AvgIpc) is 3.14. The molecule has 8 nitrogen and oxygen atoms in total. The highest BCUT2D eigenvalue weighted by atomic mass is 127. The quantitative estimate of drug-likeness (QED) is 0.187. The molecule has 0 atom stereocenters. The minimum atomic E-state index is 0. The first-order valence-corrected chi connectivity index (χ1v) is 11.8. The van der Waals surface area contributed by atoms with Crippen molar-refractivity contribution in [3.05, 3.63) is 41.6 Å². The Hall–Kier alpha value is -2.32. The number of nitrogen functional groups attached to an aromatic ring is 1. The Morgan fingerprint density at radius 2 is 1.97 bits per heavy atom. The smallest absolute Gasteiger partial charge is 0.191 e. The number of para-hydroxylation sites is 1. The molecule has 2 aromatic rings. The molecule has 9 heteroatoms. The maximum atomic E-state index is 9.57. The minimum absolute atomic E-state index is 0. The van der Waals surface area contributed by atoms with Gasteiger partial charge in [0.25, 0.3) is 0 Å². The van der Waals surface area contributed by atoms with Gasteiger partial charge in [-0.25, -0.2) is 4.68 Å². The number of benzene rings is 1. The van der Waals surface area contributed by atoms with Crippen LogP contribution in [0.15, 0.2) is 35.3 Å². The Morgan fingerprint density at radius 1 is 1.24 bits per heavy atom. The summed E-state index contributed by atoms with van der Waals surface area (Å²) in [7, 11) is 0. The maximum absolute atomic E-state index is 9.57. The SMILES string of the molecule is CCCN1CCC(NC(=NCCCc2nn(-c3ccccc3)c(N)c2C#N)NCC)CC1.I. The summed E-state index contributed by atoms with van der Waals surface area (Å²) >= 11 is 0. The number of hydrogen-bond donors (Lipinski definition) is 3. The monoisotopic (exact) mass is 564 g/mol. The van der Waals surface area contributed by atoms with Crippen LogP contribution in [-0.2, 0) is 6.42 Å². The summed E-state index contributed by atoms with van der Waals surface area (Å²) in [5.74, 6) is 1.26. The van der Waals surface area contributed by atoms with Crippen LogP contribution in [0.3, 0.4) is 0 Å². The highest BCUT2D eigenvalue weighted by Crippen LogP contribution is 2.21. The molecule has 0 aliphatic carbocycles. The van der Waals surface area contributed by atoms with Crippen LogP contribution < -0.4 is 16.4 Å². The number of nitrogens with two attached hydrogens (primary N) is 1. The third kappa shape index (κ3) is 7.61. The van der Waals surface area contributed by atoms with Crippen molar-refractivity contribution in [1.29, 1.82) is 5.26 Å². The summed E-state index contributed by atoms with van der Waals surface area (Å²) in [5, 5.41) is 21.1. The molecule has 0 spiro atoms. The topological polar surface area (TPSA) is 107 Å². The van der Waals surface area contributed by atoms with Crippen molar-refractivity contribution in [2.75, 3.05) is 38.5 Å². The lowest BCUT2D eigenvalue weighted by Crippen LogP contribution is -2.48. The number of anilines is 1. The average molecular weight is 565 g/mol. The molecule has 1 saturated heterocycles. The van der Waals surface area contributed by atoms with Gasteiger partial charge in [-0.1, -0.05) is 25.1 Å². The number of nitrogens with one attached hydrogen (secondary N) is 2. The third-order valence-corrected chi connectivity index (χ3v) is 5.76. The normalized spacial score (nSPS) is 15.0. The number of nitrogens with zero attached hydrogens (tertiary/aromatic N) is 5. The lowest BCUT2D eigenvalue weighted by Gasteiger charge is -2.32. The molecule has 0 amide bonds. The summed E-state index contributed by atoms with van der Waals surface area (Å²) in [6, 6.07) is 12.3. The van der Waals surface area contributed by atoms with Gasteiger partial charge in [-0.2, -0.15) is 10.4 Å². The van der Waals surface area contributed by atoms with Crippen LogP contribution in [0.1, 0.15) is 50.8 Å². The van der Waals surface area contributed by atoms with E-state index in [9.17, 15) is 5.26 Å². The van der Waals surface area contributed by atoms with E-state index >= 15 is 0 Å². The highest BCUT2D eigenvalue weighted by Gasteiger charge is 2.19. The van der Waals surface area contributed by atoms with Crippen LogP contribution in [0.2, 0.25) is 0 Å². The van der Waals surface area contributed by atoms with Gasteiger partial charge >= 0.3 is 0 Å².